The predicted molar refractivity (Wildman–Crippen MR) is 94.4 cm³/mol. The van der Waals surface area contributed by atoms with Gasteiger partial charge in [-0.05, 0) is 48.5 Å². The first kappa shape index (κ1) is 17.2. The van der Waals surface area contributed by atoms with Crippen molar-refractivity contribution in [2.24, 2.45) is 5.14 Å². The van der Waals surface area contributed by atoms with Crippen molar-refractivity contribution in [1.29, 1.82) is 0 Å². The lowest BCUT2D eigenvalue weighted by atomic mass is 10.3. The highest BCUT2D eigenvalue weighted by Gasteiger charge is 2.17. The molecule has 130 valence electrons. The normalized spacial score (nSPS) is 12.0. The zero-order chi connectivity index (χ0) is 18.1. The topological polar surface area (TPSA) is 111 Å². The van der Waals surface area contributed by atoms with Gasteiger partial charge in [-0.15, -0.1) is 0 Å². The highest BCUT2D eigenvalue weighted by molar-refractivity contribution is 7.93. The van der Waals surface area contributed by atoms with Gasteiger partial charge in [-0.2, -0.15) is 0 Å². The molecule has 0 aliphatic rings. The van der Waals surface area contributed by atoms with E-state index in [0.29, 0.717) is 5.69 Å². The van der Waals surface area contributed by atoms with Crippen LogP contribution in [0.5, 0.6) is 0 Å². The molecule has 0 saturated carbocycles. The van der Waals surface area contributed by atoms with Gasteiger partial charge in [-0.3, -0.25) is 4.72 Å². The Morgan fingerprint density at radius 2 is 1.44 bits per heavy atom. The summed E-state index contributed by atoms with van der Waals surface area (Å²) in [5, 5.41) is 5.05. The Morgan fingerprint density at radius 3 is 2.12 bits per heavy atom. The molecular weight excluding hydrogens is 362 g/mol. The lowest BCUT2D eigenvalue weighted by molar-refractivity contribution is 0.597. The maximum Gasteiger partial charge on any atom is 0.261 e. The number of nitrogens with zero attached hydrogens (tertiary/aromatic N) is 1. The van der Waals surface area contributed by atoms with Crippen LogP contribution in [-0.4, -0.2) is 21.4 Å². The maximum absolute atomic E-state index is 12.5. The number of nitrogens with two attached hydrogens (primary N) is 1. The minimum absolute atomic E-state index is 0.189. The van der Waals surface area contributed by atoms with Crippen molar-refractivity contribution >= 4 is 25.7 Å². The van der Waals surface area contributed by atoms with Gasteiger partial charge < -0.3 is 4.57 Å². The van der Waals surface area contributed by atoms with E-state index in [2.05, 4.69) is 4.72 Å². The van der Waals surface area contributed by atoms with Crippen LogP contribution in [0.1, 0.15) is 0 Å². The van der Waals surface area contributed by atoms with Crippen LogP contribution < -0.4 is 9.86 Å². The van der Waals surface area contributed by atoms with Crippen LogP contribution in [0, 0.1) is 0 Å². The van der Waals surface area contributed by atoms with Crippen molar-refractivity contribution < 1.29 is 16.8 Å². The first-order chi connectivity index (χ1) is 11.8. The molecule has 0 fully saturated rings. The summed E-state index contributed by atoms with van der Waals surface area (Å²) >= 11 is 0. The molecule has 0 aliphatic heterocycles. The van der Waals surface area contributed by atoms with Crippen molar-refractivity contribution in [3.8, 4) is 5.69 Å². The number of hydrogen-bond donors (Lipinski definition) is 2. The van der Waals surface area contributed by atoms with E-state index < -0.39 is 20.0 Å². The molecule has 25 heavy (non-hydrogen) atoms. The Balaban J connectivity index is 1.94. The molecule has 9 heteroatoms. The Morgan fingerprint density at radius 1 is 0.800 bits per heavy atom. The van der Waals surface area contributed by atoms with E-state index in [1.54, 1.807) is 18.2 Å². The number of nitrogens with one attached hydrogen (secondary N) is 1. The minimum atomic E-state index is -3.99. The van der Waals surface area contributed by atoms with Gasteiger partial charge in [-0.25, -0.2) is 22.0 Å². The monoisotopic (exact) mass is 377 g/mol. The van der Waals surface area contributed by atoms with Crippen molar-refractivity contribution in [3.63, 3.8) is 0 Å². The first-order valence-corrected chi connectivity index (χ1v) is 10.2. The predicted octanol–water partition coefficient (Wildman–Crippen LogP) is 1.93. The van der Waals surface area contributed by atoms with Gasteiger partial charge in [0.1, 0.15) is 0 Å². The Bertz CT molecular complexity index is 1110. The number of anilines is 1. The molecule has 3 N–H and O–H groups in total. The SMILES string of the molecule is NS(=O)(=O)c1cccc(S(=O)(=O)Nc2cccc(-n3cccc3)c2)c1. The van der Waals surface area contributed by atoms with E-state index in [-0.39, 0.29) is 9.79 Å². The van der Waals surface area contributed by atoms with Gasteiger partial charge in [0.2, 0.25) is 10.0 Å². The van der Waals surface area contributed by atoms with E-state index in [9.17, 15) is 16.8 Å². The third-order valence-corrected chi connectivity index (χ3v) is 5.74. The standard InChI is InChI=1S/C16H15N3O4S2/c17-24(20,21)15-7-4-8-16(12-15)25(22,23)18-13-5-3-6-14(11-13)19-9-1-2-10-19/h1-12,18H,(H2,17,20,21). The lowest BCUT2D eigenvalue weighted by Crippen LogP contribution is -2.16. The summed E-state index contributed by atoms with van der Waals surface area (Å²) in [6.07, 6.45) is 3.67. The fourth-order valence-electron chi connectivity index (χ4n) is 2.27. The Labute approximate surface area is 145 Å². The highest BCUT2D eigenvalue weighted by atomic mass is 32.2. The van der Waals surface area contributed by atoms with Gasteiger partial charge in [0.15, 0.2) is 0 Å². The smallest absolute Gasteiger partial charge is 0.261 e. The van der Waals surface area contributed by atoms with Gasteiger partial charge >= 0.3 is 0 Å². The van der Waals surface area contributed by atoms with Crippen LogP contribution in [0.15, 0.2) is 82.8 Å². The molecule has 0 aliphatic carbocycles. The van der Waals surface area contributed by atoms with Gasteiger partial charge in [-0.1, -0.05) is 12.1 Å². The van der Waals surface area contributed by atoms with Gasteiger partial charge in [0, 0.05) is 18.1 Å². The van der Waals surface area contributed by atoms with Crippen molar-refractivity contribution in [2.75, 3.05) is 4.72 Å². The summed E-state index contributed by atoms with van der Waals surface area (Å²) in [6.45, 7) is 0. The fraction of sp³-hybridized carbons (Fsp3) is 0. The molecule has 0 bridgehead atoms. The molecule has 7 nitrogen and oxygen atoms in total. The quantitative estimate of drug-likeness (QED) is 0.707. The van der Waals surface area contributed by atoms with E-state index in [1.165, 1.54) is 18.2 Å². The van der Waals surface area contributed by atoms with Gasteiger partial charge in [0.25, 0.3) is 10.0 Å². The summed E-state index contributed by atoms with van der Waals surface area (Å²) in [4.78, 5) is -0.457. The maximum atomic E-state index is 12.5. The van der Waals surface area contributed by atoms with Crippen LogP contribution in [0.2, 0.25) is 0 Å². The largest absolute Gasteiger partial charge is 0.324 e. The zero-order valence-corrected chi connectivity index (χ0v) is 14.5. The van der Waals surface area contributed by atoms with E-state index in [4.69, 9.17) is 5.14 Å². The van der Waals surface area contributed by atoms with E-state index in [1.807, 2.05) is 35.2 Å². The van der Waals surface area contributed by atoms with Gasteiger partial charge in [0.05, 0.1) is 15.5 Å². The molecule has 0 radical (unpaired) electrons. The van der Waals surface area contributed by atoms with Crippen molar-refractivity contribution in [3.05, 3.63) is 73.1 Å². The van der Waals surface area contributed by atoms with Crippen LogP contribution >= 0.6 is 0 Å². The minimum Gasteiger partial charge on any atom is -0.324 e. The first-order valence-electron chi connectivity index (χ1n) is 7.15. The van der Waals surface area contributed by atoms with Crippen LogP contribution in [-0.2, 0) is 20.0 Å². The second kappa shape index (κ2) is 6.36. The summed E-state index contributed by atoms with van der Waals surface area (Å²) in [5.41, 5.74) is 1.13. The molecule has 0 saturated heterocycles. The molecule has 3 rings (SSSR count). The molecule has 2 aromatic carbocycles. The third-order valence-electron chi connectivity index (χ3n) is 3.45. The zero-order valence-electron chi connectivity index (χ0n) is 12.9. The second-order valence-electron chi connectivity index (χ2n) is 5.27. The summed E-state index contributed by atoms with van der Waals surface area (Å²) in [6, 6.07) is 15.4. The molecule has 1 heterocycles. The third kappa shape index (κ3) is 3.90. The molecule has 0 spiro atoms. The lowest BCUT2D eigenvalue weighted by Gasteiger charge is -2.11. The second-order valence-corrected chi connectivity index (χ2v) is 8.51. The van der Waals surface area contributed by atoms with Crippen LogP contribution in [0.3, 0.4) is 0 Å². The number of primary sulfonamides is 1. The molecule has 3 aromatic rings. The van der Waals surface area contributed by atoms with Crippen LogP contribution in [0.4, 0.5) is 5.69 Å². The molecule has 0 atom stereocenters. The van der Waals surface area contributed by atoms with Crippen molar-refractivity contribution in [1.82, 2.24) is 4.57 Å². The number of hydrogen-bond acceptors (Lipinski definition) is 4. The fourth-order valence-corrected chi connectivity index (χ4v) is 4.00. The number of sulfonamides is 2. The van der Waals surface area contributed by atoms with E-state index >= 15 is 0 Å². The number of rotatable bonds is 5. The summed E-state index contributed by atoms with van der Waals surface area (Å²) in [7, 11) is -7.95. The summed E-state index contributed by atoms with van der Waals surface area (Å²) < 4.78 is 52.1. The highest BCUT2D eigenvalue weighted by Crippen LogP contribution is 2.21. The average molecular weight is 377 g/mol. The summed E-state index contributed by atoms with van der Waals surface area (Å²) in [5.74, 6) is 0. The number of benzene rings is 2. The Hall–Kier alpha value is -2.62. The molecular formula is C16H15N3O4S2. The Kier molecular flexibility index (Phi) is 4.38. The average Bonchev–Trinajstić information content (AvgIpc) is 3.08. The molecule has 0 amide bonds. The van der Waals surface area contributed by atoms with Crippen LogP contribution in [0.25, 0.3) is 5.69 Å². The number of aromatic nitrogens is 1. The molecule has 1 aromatic heterocycles. The molecule has 0 unspecified atom stereocenters. The van der Waals surface area contributed by atoms with E-state index in [0.717, 1.165) is 11.8 Å². The van der Waals surface area contributed by atoms with Crippen molar-refractivity contribution in [2.45, 2.75) is 9.79 Å².